The number of aromatic hydroxyl groups is 1. The zero-order valence-electron chi connectivity index (χ0n) is 14.4. The van der Waals surface area contributed by atoms with Gasteiger partial charge in [-0.3, -0.25) is 14.9 Å². The highest BCUT2D eigenvalue weighted by Gasteiger charge is 2.14. The highest BCUT2D eigenvalue weighted by molar-refractivity contribution is 5.84. The number of benzene rings is 2. The van der Waals surface area contributed by atoms with Crippen LogP contribution in [0.1, 0.15) is 18.1 Å². The fraction of sp³-hybridized carbons (Fsp3) is 0.222. The zero-order valence-corrected chi connectivity index (χ0v) is 14.4. The van der Waals surface area contributed by atoms with Crippen molar-refractivity contribution in [2.75, 3.05) is 7.11 Å². The lowest BCUT2D eigenvalue weighted by atomic mass is 10.0. The average molecular weight is 357 g/mol. The number of hydrogen-bond acceptors (Lipinski definition) is 6. The second-order valence-corrected chi connectivity index (χ2v) is 5.70. The van der Waals surface area contributed by atoms with Gasteiger partial charge in [-0.05, 0) is 36.2 Å². The number of nitro benzene ring substituents is 1. The Morgan fingerprint density at radius 2 is 2.15 bits per heavy atom. The molecule has 8 heteroatoms. The van der Waals surface area contributed by atoms with Gasteiger partial charge in [-0.25, -0.2) is 5.43 Å². The summed E-state index contributed by atoms with van der Waals surface area (Å²) >= 11 is 0. The fourth-order valence-electron chi connectivity index (χ4n) is 2.29. The number of methoxy groups -OCH3 is 1. The lowest BCUT2D eigenvalue weighted by Gasteiger charge is -2.10. The van der Waals surface area contributed by atoms with E-state index in [0.29, 0.717) is 12.0 Å². The first-order valence-electron chi connectivity index (χ1n) is 7.84. The number of rotatable bonds is 7. The van der Waals surface area contributed by atoms with E-state index in [-0.39, 0.29) is 11.8 Å². The molecule has 2 aromatic rings. The van der Waals surface area contributed by atoms with E-state index in [4.69, 9.17) is 4.74 Å². The fourth-order valence-corrected chi connectivity index (χ4v) is 2.29. The third kappa shape index (κ3) is 5.04. The van der Waals surface area contributed by atoms with Crippen LogP contribution in [-0.2, 0) is 11.2 Å². The van der Waals surface area contributed by atoms with E-state index in [0.717, 1.165) is 11.3 Å². The van der Waals surface area contributed by atoms with Gasteiger partial charge in [-0.15, -0.1) is 0 Å². The minimum Gasteiger partial charge on any atom is -0.502 e. The molecule has 1 atom stereocenters. The molecule has 8 nitrogen and oxygen atoms in total. The van der Waals surface area contributed by atoms with Crippen molar-refractivity contribution in [1.29, 1.82) is 0 Å². The first-order valence-corrected chi connectivity index (χ1v) is 7.84. The van der Waals surface area contributed by atoms with Crippen LogP contribution in [0.4, 0.5) is 5.69 Å². The molecule has 0 spiro atoms. The van der Waals surface area contributed by atoms with Crippen LogP contribution in [-0.4, -0.2) is 29.3 Å². The number of hydrogen-bond donors (Lipinski definition) is 2. The second kappa shape index (κ2) is 8.61. The lowest BCUT2D eigenvalue weighted by Crippen LogP contribution is -2.26. The smallest absolute Gasteiger partial charge is 0.311 e. The maximum atomic E-state index is 12.1. The summed E-state index contributed by atoms with van der Waals surface area (Å²) in [7, 11) is 1.58. The molecule has 0 aromatic heterocycles. The average Bonchev–Trinajstić information content (AvgIpc) is 2.62. The number of hydrazone groups is 1. The van der Waals surface area contributed by atoms with Crippen molar-refractivity contribution < 1.29 is 19.6 Å². The first-order chi connectivity index (χ1) is 12.4. The molecule has 136 valence electrons. The van der Waals surface area contributed by atoms with Gasteiger partial charge < -0.3 is 9.84 Å². The van der Waals surface area contributed by atoms with E-state index in [2.05, 4.69) is 10.5 Å². The highest BCUT2D eigenvalue weighted by atomic mass is 16.6. The number of carbonyl (C=O) groups is 1. The molecular formula is C18H19N3O5. The minimum absolute atomic E-state index is 0.280. The molecule has 1 unspecified atom stereocenters. The van der Waals surface area contributed by atoms with Crippen molar-refractivity contribution in [2.24, 2.45) is 11.0 Å². The molecule has 0 bridgehead atoms. The van der Waals surface area contributed by atoms with Crippen molar-refractivity contribution in [2.45, 2.75) is 13.3 Å². The Morgan fingerprint density at radius 1 is 1.38 bits per heavy atom. The van der Waals surface area contributed by atoms with Gasteiger partial charge in [0.1, 0.15) is 5.75 Å². The van der Waals surface area contributed by atoms with E-state index in [1.54, 1.807) is 14.0 Å². The van der Waals surface area contributed by atoms with Gasteiger partial charge in [0.25, 0.3) is 0 Å². The maximum absolute atomic E-state index is 12.1. The first kappa shape index (κ1) is 18.9. The Labute approximate surface area is 150 Å². The quantitative estimate of drug-likeness (QED) is 0.449. The maximum Gasteiger partial charge on any atom is 0.311 e. The van der Waals surface area contributed by atoms with E-state index in [9.17, 15) is 20.0 Å². The van der Waals surface area contributed by atoms with Gasteiger partial charge in [0.2, 0.25) is 5.91 Å². The van der Waals surface area contributed by atoms with Crippen LogP contribution < -0.4 is 10.2 Å². The predicted molar refractivity (Wildman–Crippen MR) is 96.4 cm³/mol. The summed E-state index contributed by atoms with van der Waals surface area (Å²) < 4.78 is 5.16. The van der Waals surface area contributed by atoms with Crippen LogP contribution in [0, 0.1) is 16.0 Å². The van der Waals surface area contributed by atoms with Crippen LogP contribution in [0.3, 0.4) is 0 Å². The number of nitro groups is 1. The van der Waals surface area contributed by atoms with Crippen molar-refractivity contribution in [3.63, 3.8) is 0 Å². The Bertz CT molecular complexity index is 835. The Balaban J connectivity index is 1.95. The molecule has 0 saturated heterocycles. The molecule has 0 fully saturated rings. The van der Waals surface area contributed by atoms with Crippen LogP contribution in [0.15, 0.2) is 47.6 Å². The van der Waals surface area contributed by atoms with Crippen molar-refractivity contribution in [1.82, 2.24) is 5.43 Å². The monoisotopic (exact) mass is 357 g/mol. The Hall–Kier alpha value is -3.42. The predicted octanol–water partition coefficient (Wildman–Crippen LogP) is 2.64. The molecule has 2 N–H and O–H groups in total. The number of amides is 1. The summed E-state index contributed by atoms with van der Waals surface area (Å²) in [5, 5.41) is 24.0. The molecule has 0 aliphatic rings. The van der Waals surface area contributed by atoms with Gasteiger partial charge in [0.15, 0.2) is 5.75 Å². The van der Waals surface area contributed by atoms with E-state index >= 15 is 0 Å². The Morgan fingerprint density at radius 3 is 2.85 bits per heavy atom. The summed E-state index contributed by atoms with van der Waals surface area (Å²) in [5.74, 6) is -0.309. The summed E-state index contributed by atoms with van der Waals surface area (Å²) in [6, 6.07) is 11.3. The van der Waals surface area contributed by atoms with Gasteiger partial charge in [0, 0.05) is 17.5 Å². The zero-order chi connectivity index (χ0) is 19.1. The topological polar surface area (TPSA) is 114 Å². The van der Waals surface area contributed by atoms with Crippen molar-refractivity contribution in [3.8, 4) is 11.5 Å². The number of phenolic OH excluding ortho intramolecular Hbond substituents is 1. The molecule has 0 aliphatic heterocycles. The normalized spacial score (nSPS) is 11.9. The minimum atomic E-state index is -0.693. The molecule has 0 aliphatic carbocycles. The molecule has 0 heterocycles. The summed E-state index contributed by atoms with van der Waals surface area (Å²) in [4.78, 5) is 22.2. The summed E-state index contributed by atoms with van der Waals surface area (Å²) in [6.45, 7) is 1.77. The standard InChI is InChI=1S/C18H19N3O5/c1-12(8-13-4-3-5-15(9-13)26-2)18(23)20-19-11-14-6-7-17(22)16(10-14)21(24)25/h3-7,9-12,22H,8H2,1-2H3,(H,20,23). The molecule has 2 aromatic carbocycles. The highest BCUT2D eigenvalue weighted by Crippen LogP contribution is 2.25. The largest absolute Gasteiger partial charge is 0.502 e. The van der Waals surface area contributed by atoms with E-state index in [1.165, 1.54) is 24.4 Å². The van der Waals surface area contributed by atoms with Gasteiger partial charge >= 0.3 is 5.69 Å². The molecule has 0 saturated carbocycles. The van der Waals surface area contributed by atoms with E-state index < -0.39 is 16.4 Å². The second-order valence-electron chi connectivity index (χ2n) is 5.70. The Kier molecular flexibility index (Phi) is 6.26. The number of nitrogens with one attached hydrogen (secondary N) is 1. The molecule has 0 radical (unpaired) electrons. The van der Waals surface area contributed by atoms with Gasteiger partial charge in [-0.1, -0.05) is 19.1 Å². The third-order valence-electron chi connectivity index (χ3n) is 3.71. The molecule has 26 heavy (non-hydrogen) atoms. The SMILES string of the molecule is COc1cccc(CC(C)C(=O)NN=Cc2ccc(O)c([N+](=O)[O-])c2)c1. The van der Waals surface area contributed by atoms with Crippen LogP contribution in [0.2, 0.25) is 0 Å². The summed E-state index contributed by atoms with van der Waals surface area (Å²) in [5.41, 5.74) is 3.33. The van der Waals surface area contributed by atoms with Crippen molar-refractivity contribution in [3.05, 3.63) is 63.7 Å². The van der Waals surface area contributed by atoms with Crippen LogP contribution in [0.25, 0.3) is 0 Å². The van der Waals surface area contributed by atoms with Crippen molar-refractivity contribution >= 4 is 17.8 Å². The number of ether oxygens (including phenoxy) is 1. The van der Waals surface area contributed by atoms with Crippen LogP contribution >= 0.6 is 0 Å². The summed E-state index contributed by atoms with van der Waals surface area (Å²) in [6.07, 6.45) is 1.80. The number of carbonyl (C=O) groups excluding carboxylic acids is 1. The van der Waals surface area contributed by atoms with Gasteiger partial charge in [0.05, 0.1) is 18.2 Å². The molecule has 1 amide bonds. The molecular weight excluding hydrogens is 338 g/mol. The van der Waals surface area contributed by atoms with E-state index in [1.807, 2.05) is 24.3 Å². The number of nitrogens with zero attached hydrogens (tertiary/aromatic N) is 2. The number of phenols is 1. The lowest BCUT2D eigenvalue weighted by molar-refractivity contribution is -0.385. The third-order valence-corrected chi connectivity index (χ3v) is 3.71. The van der Waals surface area contributed by atoms with Crippen LogP contribution in [0.5, 0.6) is 11.5 Å². The van der Waals surface area contributed by atoms with Gasteiger partial charge in [-0.2, -0.15) is 5.10 Å². The molecule has 2 rings (SSSR count).